The molecule has 104 valence electrons. The maximum atomic E-state index is 11.9. The molecule has 0 fully saturated rings. The largest absolute Gasteiger partial charge is 0.271 e. The van der Waals surface area contributed by atoms with Gasteiger partial charge in [0.1, 0.15) is 0 Å². The Balaban J connectivity index is 2.04. The van der Waals surface area contributed by atoms with Crippen molar-refractivity contribution < 1.29 is 4.79 Å². The molecule has 0 saturated carbocycles. The van der Waals surface area contributed by atoms with Crippen molar-refractivity contribution in [2.24, 2.45) is 5.10 Å². The molecule has 1 N–H and O–H groups in total. The van der Waals surface area contributed by atoms with Crippen LogP contribution in [0.15, 0.2) is 39.6 Å². The van der Waals surface area contributed by atoms with Gasteiger partial charge in [-0.1, -0.05) is 17.7 Å². The van der Waals surface area contributed by atoms with Gasteiger partial charge < -0.3 is 0 Å². The number of carbonyl (C=O) groups is 1. The first-order valence-electron chi connectivity index (χ1n) is 5.83. The monoisotopic (exact) mass is 324 g/mol. The van der Waals surface area contributed by atoms with Crippen LogP contribution in [0.25, 0.3) is 0 Å². The molecule has 1 amide bonds. The molecule has 0 unspecified atom stereocenters. The molecule has 0 spiro atoms. The third kappa shape index (κ3) is 3.85. The minimum atomic E-state index is -0.276. The predicted molar refractivity (Wildman–Crippen MR) is 87.3 cm³/mol. The molecule has 1 aromatic heterocycles. The zero-order valence-corrected chi connectivity index (χ0v) is 13.4. The number of hydrogen-bond acceptors (Lipinski definition) is 4. The number of hydrogen-bond donors (Lipinski definition) is 1. The first kappa shape index (κ1) is 15.1. The fourth-order valence-electron chi connectivity index (χ4n) is 1.62. The number of carbonyl (C=O) groups excluding carboxylic acids is 1. The second-order valence-electron chi connectivity index (χ2n) is 4.01. The summed E-state index contributed by atoms with van der Waals surface area (Å²) in [6.07, 6.45) is 3.69. The van der Waals surface area contributed by atoms with Crippen molar-refractivity contribution in [2.75, 3.05) is 6.26 Å². The SMILES string of the molecule is CSc1sc(C)cc1/C=N/NC(=O)c1cccc(Cl)c1. The number of nitrogens with zero attached hydrogens (tertiary/aromatic N) is 1. The molecule has 2 rings (SSSR count). The van der Waals surface area contributed by atoms with Gasteiger partial charge >= 0.3 is 0 Å². The fraction of sp³-hybridized carbons (Fsp3) is 0.143. The van der Waals surface area contributed by atoms with Crippen LogP contribution in [-0.4, -0.2) is 18.4 Å². The van der Waals surface area contributed by atoms with Gasteiger partial charge in [0, 0.05) is 21.0 Å². The quantitative estimate of drug-likeness (QED) is 0.520. The van der Waals surface area contributed by atoms with Crippen molar-refractivity contribution in [3.63, 3.8) is 0 Å². The molecule has 0 radical (unpaired) electrons. The van der Waals surface area contributed by atoms with Gasteiger partial charge in [0.2, 0.25) is 0 Å². The van der Waals surface area contributed by atoms with E-state index in [1.807, 2.05) is 19.2 Å². The van der Waals surface area contributed by atoms with Gasteiger partial charge in [0.05, 0.1) is 10.4 Å². The minimum Gasteiger partial charge on any atom is -0.267 e. The lowest BCUT2D eigenvalue weighted by molar-refractivity contribution is 0.0955. The summed E-state index contributed by atoms with van der Waals surface area (Å²) in [6, 6.07) is 8.80. The van der Waals surface area contributed by atoms with Crippen molar-refractivity contribution in [1.29, 1.82) is 0 Å². The van der Waals surface area contributed by atoms with Gasteiger partial charge in [-0.2, -0.15) is 5.10 Å². The van der Waals surface area contributed by atoms with Gasteiger partial charge in [0.25, 0.3) is 5.91 Å². The molecular formula is C14H13ClN2OS2. The van der Waals surface area contributed by atoms with Crippen LogP contribution in [0.4, 0.5) is 0 Å². The Bertz CT molecular complexity index is 652. The minimum absolute atomic E-state index is 0.276. The Labute approximate surface area is 131 Å². The number of nitrogens with one attached hydrogen (secondary N) is 1. The van der Waals surface area contributed by atoms with E-state index in [1.165, 1.54) is 9.09 Å². The summed E-state index contributed by atoms with van der Waals surface area (Å²) in [5, 5.41) is 4.52. The van der Waals surface area contributed by atoms with E-state index in [2.05, 4.69) is 10.5 Å². The highest BCUT2D eigenvalue weighted by Crippen LogP contribution is 2.28. The topological polar surface area (TPSA) is 41.5 Å². The van der Waals surface area contributed by atoms with Crippen LogP contribution in [0.5, 0.6) is 0 Å². The summed E-state index contributed by atoms with van der Waals surface area (Å²) in [7, 11) is 0. The number of benzene rings is 1. The summed E-state index contributed by atoms with van der Waals surface area (Å²) in [5.74, 6) is -0.276. The molecule has 1 aromatic carbocycles. The van der Waals surface area contributed by atoms with E-state index in [1.54, 1.807) is 53.6 Å². The van der Waals surface area contributed by atoms with E-state index >= 15 is 0 Å². The molecule has 6 heteroatoms. The zero-order valence-electron chi connectivity index (χ0n) is 11.0. The third-order valence-electron chi connectivity index (χ3n) is 2.49. The van der Waals surface area contributed by atoms with Crippen molar-refractivity contribution in [3.05, 3.63) is 51.4 Å². The molecule has 0 bridgehead atoms. The molecule has 1 heterocycles. The van der Waals surface area contributed by atoms with Crippen LogP contribution < -0.4 is 5.43 Å². The predicted octanol–water partition coefficient (Wildman–Crippen LogP) is 4.20. The van der Waals surface area contributed by atoms with Crippen LogP contribution in [0.1, 0.15) is 20.8 Å². The van der Waals surface area contributed by atoms with Crippen LogP contribution in [0.3, 0.4) is 0 Å². The summed E-state index contributed by atoms with van der Waals surface area (Å²) in [6.45, 7) is 2.05. The molecule has 0 aliphatic heterocycles. The van der Waals surface area contributed by atoms with E-state index < -0.39 is 0 Å². The average molecular weight is 325 g/mol. The van der Waals surface area contributed by atoms with Crippen molar-refractivity contribution in [1.82, 2.24) is 5.43 Å². The molecule has 20 heavy (non-hydrogen) atoms. The Morgan fingerprint density at radius 1 is 1.45 bits per heavy atom. The van der Waals surface area contributed by atoms with Gasteiger partial charge in [-0.25, -0.2) is 5.43 Å². The third-order valence-corrected chi connectivity index (χ3v) is 4.94. The molecular weight excluding hydrogens is 312 g/mol. The summed E-state index contributed by atoms with van der Waals surface area (Å²) >= 11 is 9.23. The zero-order chi connectivity index (χ0) is 14.5. The molecule has 0 aliphatic carbocycles. The number of aryl methyl sites for hydroxylation is 1. The summed E-state index contributed by atoms with van der Waals surface area (Å²) in [5.41, 5.74) is 4.01. The van der Waals surface area contributed by atoms with Crippen LogP contribution in [0, 0.1) is 6.92 Å². The van der Waals surface area contributed by atoms with Crippen molar-refractivity contribution in [2.45, 2.75) is 11.1 Å². The highest BCUT2D eigenvalue weighted by atomic mass is 35.5. The second-order valence-corrected chi connectivity index (χ2v) is 6.78. The fourth-order valence-corrected chi connectivity index (χ4v) is 3.59. The van der Waals surface area contributed by atoms with Gasteiger partial charge in [-0.05, 0) is 37.4 Å². The van der Waals surface area contributed by atoms with Crippen LogP contribution in [-0.2, 0) is 0 Å². The summed E-state index contributed by atoms with van der Waals surface area (Å²) in [4.78, 5) is 13.1. The maximum Gasteiger partial charge on any atom is 0.271 e. The highest BCUT2D eigenvalue weighted by molar-refractivity contribution is 8.00. The lowest BCUT2D eigenvalue weighted by atomic mass is 10.2. The number of rotatable bonds is 4. The van der Waals surface area contributed by atoms with Crippen molar-refractivity contribution >= 4 is 46.8 Å². The Morgan fingerprint density at radius 3 is 2.95 bits per heavy atom. The van der Waals surface area contributed by atoms with Crippen LogP contribution >= 0.6 is 34.7 Å². The van der Waals surface area contributed by atoms with Crippen molar-refractivity contribution in [3.8, 4) is 0 Å². The average Bonchev–Trinajstić information content (AvgIpc) is 2.79. The van der Waals surface area contributed by atoms with Gasteiger partial charge in [-0.15, -0.1) is 23.1 Å². The van der Waals surface area contributed by atoms with Gasteiger partial charge in [0.15, 0.2) is 0 Å². The van der Waals surface area contributed by atoms with E-state index in [-0.39, 0.29) is 5.91 Å². The van der Waals surface area contributed by atoms with E-state index in [0.717, 1.165) is 5.56 Å². The molecule has 0 saturated heterocycles. The molecule has 0 aliphatic rings. The second kappa shape index (κ2) is 6.92. The standard InChI is InChI=1S/C14H13ClN2OS2/c1-9-6-11(14(19-2)20-9)8-16-17-13(18)10-4-3-5-12(15)7-10/h3-8H,1-2H3,(H,17,18)/b16-8+. The number of thiophene rings is 1. The summed E-state index contributed by atoms with van der Waals surface area (Å²) < 4.78 is 1.18. The first-order valence-corrected chi connectivity index (χ1v) is 8.25. The lowest BCUT2D eigenvalue weighted by Crippen LogP contribution is -2.17. The Hall–Kier alpha value is -1.30. The number of halogens is 1. The molecule has 2 aromatic rings. The van der Waals surface area contributed by atoms with Gasteiger partial charge in [-0.3, -0.25) is 4.79 Å². The van der Waals surface area contributed by atoms with E-state index in [9.17, 15) is 4.79 Å². The maximum absolute atomic E-state index is 11.9. The van der Waals surface area contributed by atoms with E-state index in [0.29, 0.717) is 10.6 Å². The first-order chi connectivity index (χ1) is 9.60. The Morgan fingerprint density at radius 2 is 2.25 bits per heavy atom. The van der Waals surface area contributed by atoms with E-state index in [4.69, 9.17) is 11.6 Å². The lowest BCUT2D eigenvalue weighted by Gasteiger charge is -2.00. The molecule has 0 atom stereocenters. The number of amides is 1. The molecule has 3 nitrogen and oxygen atoms in total. The Kier molecular flexibility index (Phi) is 5.23. The smallest absolute Gasteiger partial charge is 0.267 e. The normalized spacial score (nSPS) is 10.9. The highest BCUT2D eigenvalue weighted by Gasteiger charge is 2.06. The number of hydrazone groups is 1. The number of thioether (sulfide) groups is 1. The van der Waals surface area contributed by atoms with Crippen LogP contribution in [0.2, 0.25) is 5.02 Å².